The van der Waals surface area contributed by atoms with Gasteiger partial charge in [-0.3, -0.25) is 19.3 Å². The highest BCUT2D eigenvalue weighted by Crippen LogP contribution is 2.29. The van der Waals surface area contributed by atoms with E-state index in [0.29, 0.717) is 30.0 Å². The summed E-state index contributed by atoms with van der Waals surface area (Å²) in [5.74, 6) is -1.91. The first-order chi connectivity index (χ1) is 15.3. The quantitative estimate of drug-likeness (QED) is 0.682. The van der Waals surface area contributed by atoms with Crippen molar-refractivity contribution in [1.82, 2.24) is 4.90 Å². The van der Waals surface area contributed by atoms with Crippen LogP contribution in [-0.2, 0) is 27.2 Å². The number of likely N-dealkylation sites (tertiary alicyclic amines) is 1. The number of nitrogens with zero attached hydrogens (tertiary/aromatic N) is 1. The van der Waals surface area contributed by atoms with Crippen molar-refractivity contribution >= 4 is 35.2 Å². The van der Waals surface area contributed by atoms with E-state index in [2.05, 4.69) is 0 Å². The number of carboxylic acid groups (broad SMARTS) is 1. The van der Waals surface area contributed by atoms with Crippen LogP contribution in [0.2, 0.25) is 5.02 Å². The summed E-state index contributed by atoms with van der Waals surface area (Å²) >= 11 is 6.10. The van der Waals surface area contributed by atoms with Crippen LogP contribution in [0.25, 0.3) is 0 Å². The average Bonchev–Trinajstić information content (AvgIpc) is 2.91. The number of carboxylic acids is 1. The van der Waals surface area contributed by atoms with Crippen molar-refractivity contribution in [3.05, 3.63) is 64.2 Å². The predicted octanol–water partition coefficient (Wildman–Crippen LogP) is 3.56. The number of rotatable bonds is 7. The Hall–Kier alpha value is -3.19. The molecule has 2 amide bonds. The van der Waals surface area contributed by atoms with Crippen LogP contribution in [0, 0.1) is 5.92 Å². The number of ether oxygens (including phenoxy) is 1. The smallest absolute Gasteiger partial charge is 0.335 e. The molecule has 32 heavy (non-hydrogen) atoms. The van der Waals surface area contributed by atoms with E-state index in [0.717, 1.165) is 16.0 Å². The Labute approximate surface area is 190 Å². The highest BCUT2D eigenvalue weighted by Gasteiger charge is 2.34. The molecular formula is C24H24ClNO6. The van der Waals surface area contributed by atoms with Gasteiger partial charge in [-0.05, 0) is 60.7 Å². The maximum atomic E-state index is 13.2. The van der Waals surface area contributed by atoms with Gasteiger partial charge in [0.05, 0.1) is 19.2 Å². The van der Waals surface area contributed by atoms with Crippen LogP contribution in [0.15, 0.2) is 42.5 Å². The van der Waals surface area contributed by atoms with Gasteiger partial charge in [0.25, 0.3) is 0 Å². The summed E-state index contributed by atoms with van der Waals surface area (Å²) < 4.78 is 5.36. The van der Waals surface area contributed by atoms with Crippen LogP contribution < -0.4 is 4.74 Å². The highest BCUT2D eigenvalue weighted by atomic mass is 35.5. The van der Waals surface area contributed by atoms with Crippen molar-refractivity contribution in [3.8, 4) is 5.75 Å². The maximum Gasteiger partial charge on any atom is 0.335 e. The van der Waals surface area contributed by atoms with Crippen molar-refractivity contribution in [1.29, 1.82) is 0 Å². The van der Waals surface area contributed by atoms with Crippen molar-refractivity contribution in [2.45, 2.75) is 32.1 Å². The molecule has 0 aromatic heterocycles. The minimum Gasteiger partial charge on any atom is -0.496 e. The average molecular weight is 458 g/mol. The lowest BCUT2D eigenvalue weighted by Crippen LogP contribution is -2.42. The number of Topliss-reactive ketones (excluding diaryl/α,β-unsaturated/α-hetero) is 1. The Balaban J connectivity index is 1.71. The number of amides is 2. The number of halogens is 1. The number of imide groups is 1. The molecule has 3 rings (SSSR count). The zero-order chi connectivity index (χ0) is 23.3. The van der Waals surface area contributed by atoms with Crippen LogP contribution in [0.3, 0.4) is 0 Å². The van der Waals surface area contributed by atoms with Gasteiger partial charge in [-0.1, -0.05) is 23.7 Å². The third-order valence-corrected chi connectivity index (χ3v) is 5.79. The molecule has 0 saturated carbocycles. The molecule has 2 aromatic carbocycles. The number of ketones is 1. The molecule has 7 nitrogen and oxygen atoms in total. The van der Waals surface area contributed by atoms with Gasteiger partial charge >= 0.3 is 5.97 Å². The molecule has 1 unspecified atom stereocenters. The fourth-order valence-corrected chi connectivity index (χ4v) is 3.98. The summed E-state index contributed by atoms with van der Waals surface area (Å²) in [7, 11) is 1.53. The molecule has 1 aliphatic rings. The van der Waals surface area contributed by atoms with Crippen molar-refractivity contribution in [3.63, 3.8) is 0 Å². The standard InChI is InChI=1S/C24H24ClNO6/c1-32-21-10-8-19(25)13-18(21)12-17-7-9-20(27)14-26(23(17)29)22(28)11-4-15-2-5-16(6-3-15)24(30)31/h2-3,5-6,8,10,13,17H,4,7,9,11-12,14H2,1H3,(H,30,31). The first-order valence-corrected chi connectivity index (χ1v) is 10.7. The summed E-state index contributed by atoms with van der Waals surface area (Å²) in [6.45, 7) is -0.223. The largest absolute Gasteiger partial charge is 0.496 e. The van der Waals surface area contributed by atoms with Crippen molar-refractivity contribution in [2.75, 3.05) is 13.7 Å². The summed E-state index contributed by atoms with van der Waals surface area (Å²) in [4.78, 5) is 50.3. The zero-order valence-electron chi connectivity index (χ0n) is 17.7. The first kappa shape index (κ1) is 23.5. The van der Waals surface area contributed by atoms with E-state index < -0.39 is 17.8 Å². The molecule has 0 bridgehead atoms. The molecule has 0 radical (unpaired) electrons. The molecule has 1 heterocycles. The van der Waals surface area contributed by atoms with Crippen LogP contribution in [-0.4, -0.2) is 47.2 Å². The molecule has 0 spiro atoms. The van der Waals surface area contributed by atoms with Gasteiger partial charge in [0.15, 0.2) is 5.78 Å². The minimum atomic E-state index is -1.02. The van der Waals surface area contributed by atoms with Crippen LogP contribution >= 0.6 is 11.6 Å². The fourth-order valence-electron chi connectivity index (χ4n) is 3.79. The third kappa shape index (κ3) is 5.73. The van der Waals surface area contributed by atoms with Gasteiger partial charge in [-0.25, -0.2) is 4.79 Å². The maximum absolute atomic E-state index is 13.2. The Bertz CT molecular complexity index is 1030. The summed E-state index contributed by atoms with van der Waals surface area (Å²) in [6, 6.07) is 11.4. The second-order valence-corrected chi connectivity index (χ2v) is 8.19. The number of methoxy groups -OCH3 is 1. The van der Waals surface area contributed by atoms with E-state index in [1.807, 2.05) is 0 Å². The number of carbonyl (C=O) groups is 4. The summed E-state index contributed by atoms with van der Waals surface area (Å²) in [5, 5.41) is 9.49. The fraction of sp³-hybridized carbons (Fsp3) is 0.333. The normalized spacial score (nSPS) is 16.6. The molecule has 1 aliphatic heterocycles. The van der Waals surface area contributed by atoms with Gasteiger partial charge in [-0.2, -0.15) is 0 Å². The van der Waals surface area contributed by atoms with Gasteiger partial charge in [0.1, 0.15) is 5.75 Å². The minimum absolute atomic E-state index is 0.0403. The van der Waals surface area contributed by atoms with Gasteiger partial charge in [-0.15, -0.1) is 0 Å². The monoisotopic (exact) mass is 457 g/mol. The Morgan fingerprint density at radius 1 is 1.16 bits per heavy atom. The number of hydrogen-bond donors (Lipinski definition) is 1. The zero-order valence-corrected chi connectivity index (χ0v) is 18.4. The Morgan fingerprint density at radius 2 is 1.88 bits per heavy atom. The van der Waals surface area contributed by atoms with E-state index in [4.69, 9.17) is 21.4 Å². The molecule has 2 aromatic rings. The van der Waals surface area contributed by atoms with Gasteiger partial charge in [0.2, 0.25) is 11.8 Å². The predicted molar refractivity (Wildman–Crippen MR) is 118 cm³/mol. The summed E-state index contributed by atoms with van der Waals surface area (Å²) in [5.41, 5.74) is 1.68. The summed E-state index contributed by atoms with van der Waals surface area (Å²) in [6.07, 6.45) is 1.27. The number of aromatic carboxylic acids is 1. The molecule has 0 aliphatic carbocycles. The van der Waals surface area contributed by atoms with Crippen LogP contribution in [0.4, 0.5) is 0 Å². The van der Waals surface area contributed by atoms with E-state index in [1.165, 1.54) is 19.2 Å². The van der Waals surface area contributed by atoms with Gasteiger partial charge < -0.3 is 9.84 Å². The van der Waals surface area contributed by atoms with Crippen LogP contribution in [0.1, 0.15) is 40.7 Å². The second-order valence-electron chi connectivity index (χ2n) is 7.75. The highest BCUT2D eigenvalue weighted by molar-refractivity contribution is 6.30. The number of hydrogen-bond acceptors (Lipinski definition) is 5. The Morgan fingerprint density at radius 3 is 2.53 bits per heavy atom. The molecule has 1 atom stereocenters. The topological polar surface area (TPSA) is 101 Å². The van der Waals surface area contributed by atoms with Crippen LogP contribution in [0.5, 0.6) is 5.75 Å². The van der Waals surface area contributed by atoms with Crippen molar-refractivity contribution in [2.24, 2.45) is 5.92 Å². The van der Waals surface area contributed by atoms with E-state index in [-0.39, 0.29) is 36.6 Å². The number of aryl methyl sites for hydroxylation is 1. The molecule has 168 valence electrons. The SMILES string of the molecule is COc1ccc(Cl)cc1CC1CCC(=O)CN(C(=O)CCc2ccc(C(=O)O)cc2)C1=O. The molecule has 8 heteroatoms. The number of benzene rings is 2. The lowest BCUT2D eigenvalue weighted by molar-refractivity contribution is -0.148. The molecule has 1 N–H and O–H groups in total. The van der Waals surface area contributed by atoms with Gasteiger partial charge in [0, 0.05) is 23.8 Å². The molecular weight excluding hydrogens is 434 g/mol. The lowest BCUT2D eigenvalue weighted by atomic mass is 9.93. The molecule has 1 fully saturated rings. The van der Waals surface area contributed by atoms with Crippen molar-refractivity contribution < 1.29 is 29.0 Å². The first-order valence-electron chi connectivity index (χ1n) is 10.3. The second kappa shape index (κ2) is 10.4. The molecule has 1 saturated heterocycles. The Kier molecular flexibility index (Phi) is 7.64. The third-order valence-electron chi connectivity index (χ3n) is 5.56. The number of carbonyl (C=O) groups excluding carboxylic acids is 3. The van der Waals surface area contributed by atoms with E-state index in [9.17, 15) is 19.2 Å². The van der Waals surface area contributed by atoms with E-state index in [1.54, 1.807) is 30.3 Å². The lowest BCUT2D eigenvalue weighted by Gasteiger charge is -2.23. The van der Waals surface area contributed by atoms with E-state index >= 15 is 0 Å².